The lowest BCUT2D eigenvalue weighted by Crippen LogP contribution is -2.13. The number of ether oxygens (including phenoxy) is 2. The van der Waals surface area contributed by atoms with Crippen molar-refractivity contribution in [1.82, 2.24) is 14.5 Å². The molecule has 0 amide bonds. The zero-order valence-electron chi connectivity index (χ0n) is 19.2. The summed E-state index contributed by atoms with van der Waals surface area (Å²) >= 11 is 0. The van der Waals surface area contributed by atoms with Gasteiger partial charge in [-0.15, -0.1) is 0 Å². The van der Waals surface area contributed by atoms with Crippen molar-refractivity contribution < 1.29 is 9.47 Å². The number of methoxy groups -OCH3 is 2. The quantitative estimate of drug-likeness (QED) is 0.500. The first kappa shape index (κ1) is 22.1. The minimum absolute atomic E-state index is 0.257. The fourth-order valence-corrected chi connectivity index (χ4v) is 3.84. The minimum Gasteiger partial charge on any atom is -0.494 e. The molecule has 3 rings (SSSR count). The Morgan fingerprint density at radius 3 is 2.50 bits per heavy atom. The third-order valence-corrected chi connectivity index (χ3v) is 5.50. The summed E-state index contributed by atoms with van der Waals surface area (Å²) in [6.07, 6.45) is 3.14. The molecule has 1 atom stereocenters. The first-order chi connectivity index (χ1) is 14.4. The van der Waals surface area contributed by atoms with Crippen LogP contribution in [0.25, 0.3) is 22.3 Å². The van der Waals surface area contributed by atoms with Crippen molar-refractivity contribution >= 4 is 16.9 Å². The number of nitrogens with zero attached hydrogens (tertiary/aromatic N) is 3. The van der Waals surface area contributed by atoms with Gasteiger partial charge in [0.25, 0.3) is 0 Å². The van der Waals surface area contributed by atoms with Crippen LogP contribution in [0.4, 0.5) is 5.82 Å². The summed E-state index contributed by atoms with van der Waals surface area (Å²) < 4.78 is 13.5. The normalized spacial score (nSPS) is 12.5. The van der Waals surface area contributed by atoms with Crippen molar-refractivity contribution in [1.29, 1.82) is 0 Å². The van der Waals surface area contributed by atoms with Crippen molar-refractivity contribution in [3.63, 3.8) is 0 Å². The molecule has 0 spiro atoms. The van der Waals surface area contributed by atoms with Gasteiger partial charge >= 0.3 is 0 Å². The van der Waals surface area contributed by atoms with Crippen LogP contribution in [0, 0.1) is 6.92 Å². The van der Waals surface area contributed by atoms with Crippen molar-refractivity contribution in [3.05, 3.63) is 35.7 Å². The maximum absolute atomic E-state index is 5.79. The zero-order valence-corrected chi connectivity index (χ0v) is 19.2. The Morgan fingerprint density at radius 2 is 1.90 bits per heavy atom. The number of aromatic nitrogens is 3. The maximum atomic E-state index is 5.79. The van der Waals surface area contributed by atoms with Crippen molar-refractivity contribution in [2.24, 2.45) is 0 Å². The van der Waals surface area contributed by atoms with Crippen LogP contribution in [0.2, 0.25) is 0 Å². The van der Waals surface area contributed by atoms with Gasteiger partial charge in [-0.2, -0.15) is 0 Å². The van der Waals surface area contributed by atoms with Gasteiger partial charge in [0.2, 0.25) is 0 Å². The molecule has 1 unspecified atom stereocenters. The SMILES string of the molecule is CCNc1nc(C(C)C)ccc1-c1nc2c(C)cn(C(CC)COC)c2cc1OC. The minimum atomic E-state index is 0.257. The first-order valence-corrected chi connectivity index (χ1v) is 10.7. The van der Waals surface area contributed by atoms with E-state index in [2.05, 4.69) is 68.9 Å². The third kappa shape index (κ3) is 4.15. The van der Waals surface area contributed by atoms with E-state index in [1.807, 2.05) is 0 Å². The summed E-state index contributed by atoms with van der Waals surface area (Å²) in [5, 5.41) is 3.40. The van der Waals surface area contributed by atoms with Crippen LogP contribution >= 0.6 is 0 Å². The molecule has 6 heteroatoms. The second kappa shape index (κ2) is 9.47. The van der Waals surface area contributed by atoms with Gasteiger partial charge in [-0.25, -0.2) is 9.97 Å². The molecule has 162 valence electrons. The molecule has 0 saturated carbocycles. The van der Waals surface area contributed by atoms with Crippen LogP contribution in [0.3, 0.4) is 0 Å². The van der Waals surface area contributed by atoms with E-state index in [1.54, 1.807) is 14.2 Å². The summed E-state index contributed by atoms with van der Waals surface area (Å²) in [5.74, 6) is 1.95. The third-order valence-electron chi connectivity index (χ3n) is 5.50. The van der Waals surface area contributed by atoms with Crippen LogP contribution < -0.4 is 10.1 Å². The Morgan fingerprint density at radius 1 is 1.13 bits per heavy atom. The highest BCUT2D eigenvalue weighted by Gasteiger charge is 2.20. The Balaban J connectivity index is 2.22. The summed E-state index contributed by atoms with van der Waals surface area (Å²) in [5.41, 5.74) is 6.01. The Bertz CT molecular complexity index is 1010. The van der Waals surface area contributed by atoms with Crippen LogP contribution in [-0.4, -0.2) is 41.9 Å². The largest absolute Gasteiger partial charge is 0.494 e. The van der Waals surface area contributed by atoms with E-state index in [-0.39, 0.29) is 6.04 Å². The number of aryl methyl sites for hydroxylation is 1. The molecule has 0 saturated heterocycles. The van der Waals surface area contributed by atoms with E-state index in [0.717, 1.165) is 58.1 Å². The first-order valence-electron chi connectivity index (χ1n) is 10.7. The zero-order chi connectivity index (χ0) is 21.8. The highest BCUT2D eigenvalue weighted by molar-refractivity contribution is 5.88. The summed E-state index contributed by atoms with van der Waals surface area (Å²) in [6, 6.07) is 6.53. The van der Waals surface area contributed by atoms with Gasteiger partial charge in [-0.1, -0.05) is 20.8 Å². The van der Waals surface area contributed by atoms with Gasteiger partial charge in [0.05, 0.1) is 30.8 Å². The van der Waals surface area contributed by atoms with Crippen LogP contribution in [0.5, 0.6) is 5.75 Å². The molecule has 0 aromatic carbocycles. The molecule has 0 fully saturated rings. The number of hydrogen-bond donors (Lipinski definition) is 1. The second-order valence-electron chi connectivity index (χ2n) is 7.96. The fourth-order valence-electron chi connectivity index (χ4n) is 3.84. The van der Waals surface area contributed by atoms with E-state index in [0.29, 0.717) is 12.5 Å². The second-order valence-corrected chi connectivity index (χ2v) is 7.96. The van der Waals surface area contributed by atoms with E-state index in [4.69, 9.17) is 19.4 Å². The van der Waals surface area contributed by atoms with E-state index < -0.39 is 0 Å². The maximum Gasteiger partial charge on any atom is 0.147 e. The summed E-state index contributed by atoms with van der Waals surface area (Å²) in [4.78, 5) is 9.92. The van der Waals surface area contributed by atoms with Crippen molar-refractivity contribution in [3.8, 4) is 17.0 Å². The van der Waals surface area contributed by atoms with Gasteiger partial charge < -0.3 is 19.4 Å². The smallest absolute Gasteiger partial charge is 0.147 e. The van der Waals surface area contributed by atoms with Crippen molar-refractivity contribution in [2.45, 2.75) is 53.0 Å². The number of nitrogens with one attached hydrogen (secondary N) is 1. The Labute approximate surface area is 179 Å². The average Bonchev–Trinajstić information content (AvgIpc) is 3.06. The van der Waals surface area contributed by atoms with Crippen LogP contribution in [0.1, 0.15) is 57.3 Å². The molecular formula is C24H34N4O2. The number of anilines is 1. The molecule has 1 N–H and O–H groups in total. The molecule has 0 aliphatic carbocycles. The number of fused-ring (bicyclic) bond motifs is 1. The van der Waals surface area contributed by atoms with Gasteiger partial charge in [-0.3, -0.25) is 0 Å². The predicted molar refractivity (Wildman–Crippen MR) is 124 cm³/mol. The standard InChI is InChI=1S/C24H34N4O2/c1-8-17(14-29-6)28-13-16(5)22-20(28)12-21(30-7)23(27-22)18-10-11-19(15(3)4)26-24(18)25-9-2/h10-13,15,17H,8-9,14H2,1-7H3,(H,25,26). The lowest BCUT2D eigenvalue weighted by atomic mass is 10.1. The van der Waals surface area contributed by atoms with Gasteiger partial charge in [0, 0.05) is 37.2 Å². The molecule has 3 aromatic rings. The van der Waals surface area contributed by atoms with Crippen LogP contribution in [0.15, 0.2) is 24.4 Å². The monoisotopic (exact) mass is 410 g/mol. The molecular weight excluding hydrogens is 376 g/mol. The summed E-state index contributed by atoms with van der Waals surface area (Å²) in [6.45, 7) is 12.1. The highest BCUT2D eigenvalue weighted by atomic mass is 16.5. The Hall–Kier alpha value is -2.60. The van der Waals surface area contributed by atoms with E-state index >= 15 is 0 Å². The number of hydrogen-bond acceptors (Lipinski definition) is 5. The lowest BCUT2D eigenvalue weighted by molar-refractivity contribution is 0.155. The molecule has 6 nitrogen and oxygen atoms in total. The Kier molecular flexibility index (Phi) is 6.98. The van der Waals surface area contributed by atoms with Gasteiger partial charge in [0.15, 0.2) is 0 Å². The van der Waals surface area contributed by atoms with E-state index in [1.165, 1.54) is 0 Å². The fraction of sp³-hybridized carbons (Fsp3) is 0.500. The van der Waals surface area contributed by atoms with Gasteiger partial charge in [-0.05, 0) is 43.9 Å². The molecule has 0 radical (unpaired) electrons. The average molecular weight is 411 g/mol. The highest BCUT2D eigenvalue weighted by Crippen LogP contribution is 2.37. The number of pyridine rings is 2. The lowest BCUT2D eigenvalue weighted by Gasteiger charge is -2.19. The number of rotatable bonds is 9. The van der Waals surface area contributed by atoms with E-state index in [9.17, 15) is 0 Å². The predicted octanol–water partition coefficient (Wildman–Crippen LogP) is 5.57. The molecule has 30 heavy (non-hydrogen) atoms. The molecule has 0 bridgehead atoms. The molecule has 3 heterocycles. The molecule has 0 aliphatic rings. The molecule has 3 aromatic heterocycles. The summed E-state index contributed by atoms with van der Waals surface area (Å²) in [7, 11) is 3.44. The topological polar surface area (TPSA) is 61.2 Å². The van der Waals surface area contributed by atoms with Gasteiger partial charge in [0.1, 0.15) is 17.3 Å². The van der Waals surface area contributed by atoms with Crippen molar-refractivity contribution in [2.75, 3.05) is 32.7 Å². The van der Waals surface area contributed by atoms with Crippen LogP contribution in [-0.2, 0) is 4.74 Å². The molecule has 0 aliphatic heterocycles.